The van der Waals surface area contributed by atoms with E-state index in [1.807, 2.05) is 0 Å². The molecular formula is C12H8ClF2NO. The monoisotopic (exact) mass is 255 g/mol. The Labute approximate surface area is 102 Å². The predicted molar refractivity (Wildman–Crippen MR) is 59.9 cm³/mol. The molecule has 2 aromatic rings. The van der Waals surface area contributed by atoms with Crippen molar-refractivity contribution in [1.82, 2.24) is 4.98 Å². The Kier molecular flexibility index (Phi) is 3.54. The fraction of sp³-hybridized carbons (Fsp3) is 0.0833. The molecule has 0 amide bonds. The molecule has 0 N–H and O–H groups in total. The van der Waals surface area contributed by atoms with Crippen molar-refractivity contribution in [3.05, 3.63) is 58.9 Å². The van der Waals surface area contributed by atoms with E-state index in [9.17, 15) is 8.78 Å². The summed E-state index contributed by atoms with van der Waals surface area (Å²) in [5, 5.41) is 0.545. The van der Waals surface area contributed by atoms with Gasteiger partial charge in [0, 0.05) is 17.3 Å². The average Bonchev–Trinajstić information content (AvgIpc) is 2.31. The summed E-state index contributed by atoms with van der Waals surface area (Å²) in [6.07, 6.45) is 1.55. The molecule has 0 bridgehead atoms. The summed E-state index contributed by atoms with van der Waals surface area (Å²) in [6, 6.07) is 6.63. The second-order valence-corrected chi connectivity index (χ2v) is 3.77. The normalized spacial score (nSPS) is 10.3. The van der Waals surface area contributed by atoms with Gasteiger partial charge in [0.05, 0.1) is 5.69 Å². The van der Waals surface area contributed by atoms with Crippen LogP contribution < -0.4 is 4.74 Å². The molecule has 2 rings (SSSR count). The Hall–Kier alpha value is -1.68. The van der Waals surface area contributed by atoms with Crippen molar-refractivity contribution in [1.29, 1.82) is 0 Å². The van der Waals surface area contributed by atoms with Crippen molar-refractivity contribution in [2.24, 2.45) is 0 Å². The highest BCUT2D eigenvalue weighted by molar-refractivity contribution is 6.30. The topological polar surface area (TPSA) is 22.1 Å². The van der Waals surface area contributed by atoms with Crippen LogP contribution in [0, 0.1) is 11.6 Å². The van der Waals surface area contributed by atoms with Gasteiger partial charge in [0.25, 0.3) is 0 Å². The second-order valence-electron chi connectivity index (χ2n) is 3.33. The summed E-state index contributed by atoms with van der Waals surface area (Å²) in [5.41, 5.74) is 0.613. The number of benzene rings is 1. The molecule has 0 fully saturated rings. The molecule has 0 spiro atoms. The first-order chi connectivity index (χ1) is 8.15. The van der Waals surface area contributed by atoms with Crippen molar-refractivity contribution in [3.8, 4) is 5.75 Å². The molecule has 17 heavy (non-hydrogen) atoms. The Balaban J connectivity index is 2.05. The molecule has 88 valence electrons. The fourth-order valence-corrected chi connectivity index (χ4v) is 1.43. The van der Waals surface area contributed by atoms with Crippen LogP contribution in [0.3, 0.4) is 0 Å². The lowest BCUT2D eigenvalue weighted by Crippen LogP contribution is -1.98. The van der Waals surface area contributed by atoms with E-state index in [0.717, 1.165) is 12.1 Å². The molecule has 2 nitrogen and oxygen atoms in total. The third-order valence-corrected chi connectivity index (χ3v) is 2.29. The van der Waals surface area contributed by atoms with Crippen molar-refractivity contribution in [2.75, 3.05) is 0 Å². The number of aromatic nitrogens is 1. The van der Waals surface area contributed by atoms with Gasteiger partial charge < -0.3 is 4.74 Å². The van der Waals surface area contributed by atoms with E-state index >= 15 is 0 Å². The van der Waals surface area contributed by atoms with Gasteiger partial charge in [-0.25, -0.2) is 8.78 Å². The summed E-state index contributed by atoms with van der Waals surface area (Å²) < 4.78 is 30.8. The minimum Gasteiger partial charge on any atom is -0.487 e. The van der Waals surface area contributed by atoms with Gasteiger partial charge in [-0.3, -0.25) is 4.98 Å². The summed E-state index contributed by atoms with van der Waals surface area (Å²) in [6.45, 7) is 0.144. The largest absolute Gasteiger partial charge is 0.487 e. The molecule has 1 heterocycles. The number of nitrogens with zero attached hydrogens (tertiary/aromatic N) is 1. The van der Waals surface area contributed by atoms with Crippen molar-refractivity contribution in [2.45, 2.75) is 6.61 Å². The third-order valence-electron chi connectivity index (χ3n) is 2.06. The highest BCUT2D eigenvalue weighted by Crippen LogP contribution is 2.17. The van der Waals surface area contributed by atoms with Crippen LogP contribution in [0.5, 0.6) is 5.75 Å². The summed E-state index contributed by atoms with van der Waals surface area (Å²) in [5.74, 6) is -1.61. The van der Waals surface area contributed by atoms with Gasteiger partial charge in [-0.1, -0.05) is 11.6 Å². The van der Waals surface area contributed by atoms with E-state index in [1.54, 1.807) is 18.3 Å². The zero-order valence-electron chi connectivity index (χ0n) is 8.66. The van der Waals surface area contributed by atoms with Gasteiger partial charge in [0.15, 0.2) is 11.6 Å². The number of halogens is 3. The van der Waals surface area contributed by atoms with E-state index in [-0.39, 0.29) is 12.4 Å². The van der Waals surface area contributed by atoms with Crippen LogP contribution in [-0.4, -0.2) is 4.98 Å². The van der Waals surface area contributed by atoms with Gasteiger partial charge >= 0.3 is 0 Å². The average molecular weight is 256 g/mol. The smallest absolute Gasteiger partial charge is 0.162 e. The van der Waals surface area contributed by atoms with Crippen LogP contribution in [0.25, 0.3) is 0 Å². The van der Waals surface area contributed by atoms with Crippen LogP contribution in [0.1, 0.15) is 5.69 Å². The van der Waals surface area contributed by atoms with E-state index in [2.05, 4.69) is 4.98 Å². The van der Waals surface area contributed by atoms with Crippen LogP contribution in [-0.2, 0) is 6.61 Å². The number of hydrogen-bond donors (Lipinski definition) is 0. The molecule has 0 unspecified atom stereocenters. The van der Waals surface area contributed by atoms with Gasteiger partial charge in [-0.05, 0) is 24.3 Å². The molecule has 0 radical (unpaired) electrons. The van der Waals surface area contributed by atoms with E-state index in [1.165, 1.54) is 6.07 Å². The van der Waals surface area contributed by atoms with Crippen molar-refractivity contribution < 1.29 is 13.5 Å². The molecule has 0 saturated heterocycles. The molecule has 1 aromatic heterocycles. The van der Waals surface area contributed by atoms with Crippen LogP contribution in [0.2, 0.25) is 5.02 Å². The third kappa shape index (κ3) is 3.14. The first-order valence-electron chi connectivity index (χ1n) is 4.83. The zero-order chi connectivity index (χ0) is 12.3. The molecule has 0 aliphatic rings. The number of hydrogen-bond acceptors (Lipinski definition) is 2. The summed E-state index contributed by atoms with van der Waals surface area (Å²) in [7, 11) is 0. The molecule has 0 aliphatic carbocycles. The molecule has 0 aliphatic heterocycles. The van der Waals surface area contributed by atoms with Gasteiger partial charge in [-0.15, -0.1) is 0 Å². The number of rotatable bonds is 3. The molecule has 1 aromatic carbocycles. The number of ether oxygens (including phenoxy) is 1. The Morgan fingerprint density at radius 3 is 2.65 bits per heavy atom. The van der Waals surface area contributed by atoms with E-state index < -0.39 is 11.6 Å². The second kappa shape index (κ2) is 5.10. The van der Waals surface area contributed by atoms with Crippen LogP contribution >= 0.6 is 11.6 Å². The quantitative estimate of drug-likeness (QED) is 0.836. The maximum atomic E-state index is 12.9. The highest BCUT2D eigenvalue weighted by Gasteiger charge is 2.04. The van der Waals surface area contributed by atoms with Crippen molar-refractivity contribution >= 4 is 11.6 Å². The lowest BCUT2D eigenvalue weighted by molar-refractivity contribution is 0.298. The van der Waals surface area contributed by atoms with Gasteiger partial charge in [-0.2, -0.15) is 0 Å². The highest BCUT2D eigenvalue weighted by atomic mass is 35.5. The summed E-state index contributed by atoms with van der Waals surface area (Å²) in [4.78, 5) is 4.02. The lowest BCUT2D eigenvalue weighted by atomic mass is 10.3. The number of pyridine rings is 1. The molecule has 0 atom stereocenters. The van der Waals surface area contributed by atoms with E-state index in [0.29, 0.717) is 10.7 Å². The molecular weight excluding hydrogens is 248 g/mol. The first kappa shape index (κ1) is 11.8. The maximum Gasteiger partial charge on any atom is 0.162 e. The zero-order valence-corrected chi connectivity index (χ0v) is 9.42. The van der Waals surface area contributed by atoms with E-state index in [4.69, 9.17) is 16.3 Å². The predicted octanol–water partition coefficient (Wildman–Crippen LogP) is 3.59. The minimum absolute atomic E-state index is 0.144. The Morgan fingerprint density at radius 2 is 1.94 bits per heavy atom. The summed E-state index contributed by atoms with van der Waals surface area (Å²) >= 11 is 5.77. The lowest BCUT2D eigenvalue weighted by Gasteiger charge is -2.06. The van der Waals surface area contributed by atoms with Gasteiger partial charge in [0.1, 0.15) is 12.4 Å². The van der Waals surface area contributed by atoms with Crippen LogP contribution in [0.4, 0.5) is 8.78 Å². The molecule has 5 heteroatoms. The minimum atomic E-state index is -0.943. The van der Waals surface area contributed by atoms with Crippen molar-refractivity contribution in [3.63, 3.8) is 0 Å². The van der Waals surface area contributed by atoms with Gasteiger partial charge in [0.2, 0.25) is 0 Å². The fourth-order valence-electron chi connectivity index (χ4n) is 1.25. The molecule has 0 saturated carbocycles. The maximum absolute atomic E-state index is 12.9. The first-order valence-corrected chi connectivity index (χ1v) is 5.21. The Morgan fingerprint density at radius 1 is 1.12 bits per heavy atom. The standard InChI is InChI=1S/C12H8ClF2NO/c13-8-3-4-16-9(5-8)7-17-10-1-2-11(14)12(15)6-10/h1-6H,7H2. The van der Waals surface area contributed by atoms with Crippen LogP contribution in [0.15, 0.2) is 36.5 Å². The SMILES string of the molecule is Fc1ccc(OCc2cc(Cl)ccn2)cc1F. The Bertz CT molecular complexity index is 534.